The average molecular weight is 273 g/mol. The molecule has 3 nitrogen and oxygen atoms in total. The highest BCUT2D eigenvalue weighted by Crippen LogP contribution is 2.29. The van der Waals surface area contributed by atoms with Crippen LogP contribution in [0.25, 0.3) is 0 Å². The van der Waals surface area contributed by atoms with Crippen molar-refractivity contribution in [1.29, 1.82) is 0 Å². The second-order valence-electron chi connectivity index (χ2n) is 4.97. The van der Waals surface area contributed by atoms with E-state index in [1.165, 1.54) is 12.1 Å². The number of benzene rings is 1. The molecule has 0 aromatic heterocycles. The van der Waals surface area contributed by atoms with Crippen LogP contribution < -0.4 is 5.73 Å². The van der Waals surface area contributed by atoms with Crippen molar-refractivity contribution in [2.45, 2.75) is 13.3 Å². The van der Waals surface area contributed by atoms with Crippen molar-refractivity contribution < 1.29 is 9.18 Å². The third-order valence-corrected chi connectivity index (χ3v) is 3.44. The van der Waals surface area contributed by atoms with Crippen LogP contribution in [0, 0.1) is 11.2 Å². The van der Waals surface area contributed by atoms with Crippen LogP contribution >= 0.6 is 12.4 Å². The van der Waals surface area contributed by atoms with Gasteiger partial charge in [-0.25, -0.2) is 4.39 Å². The summed E-state index contributed by atoms with van der Waals surface area (Å²) < 4.78 is 13.5. The molecule has 0 bridgehead atoms. The molecule has 0 aliphatic carbocycles. The van der Waals surface area contributed by atoms with Crippen LogP contribution in [0.1, 0.15) is 23.7 Å². The summed E-state index contributed by atoms with van der Waals surface area (Å²) in [6.07, 6.45) is 0.879. The predicted octanol–water partition coefficient (Wildman–Crippen LogP) is 2.06. The molecule has 0 saturated carbocycles. The van der Waals surface area contributed by atoms with E-state index in [1.54, 1.807) is 17.0 Å². The fourth-order valence-electron chi connectivity index (χ4n) is 2.17. The average Bonchev–Trinajstić information content (AvgIpc) is 2.73. The Morgan fingerprint density at radius 1 is 1.50 bits per heavy atom. The first-order valence-corrected chi connectivity index (χ1v) is 5.80. The summed E-state index contributed by atoms with van der Waals surface area (Å²) in [5.41, 5.74) is 5.81. The number of rotatable bonds is 2. The Balaban J connectivity index is 0.00000162. The number of carbonyl (C=O) groups is 1. The van der Waals surface area contributed by atoms with E-state index in [0.717, 1.165) is 6.42 Å². The summed E-state index contributed by atoms with van der Waals surface area (Å²) in [6, 6.07) is 6.09. The molecule has 100 valence electrons. The molecule has 18 heavy (non-hydrogen) atoms. The third kappa shape index (κ3) is 2.82. The zero-order valence-electron chi connectivity index (χ0n) is 10.4. The van der Waals surface area contributed by atoms with Crippen molar-refractivity contribution in [3.05, 3.63) is 35.6 Å². The van der Waals surface area contributed by atoms with Crippen LogP contribution in [-0.2, 0) is 0 Å². The number of hydrogen-bond donors (Lipinski definition) is 1. The molecule has 1 amide bonds. The van der Waals surface area contributed by atoms with Crippen molar-refractivity contribution >= 4 is 18.3 Å². The Labute approximate surface area is 113 Å². The lowest BCUT2D eigenvalue weighted by atomic mass is 9.90. The maximum absolute atomic E-state index is 13.5. The van der Waals surface area contributed by atoms with E-state index >= 15 is 0 Å². The van der Waals surface area contributed by atoms with Gasteiger partial charge in [0.05, 0.1) is 5.56 Å². The maximum atomic E-state index is 13.5. The third-order valence-electron chi connectivity index (χ3n) is 3.44. The number of carbonyl (C=O) groups excluding carboxylic acids is 1. The summed E-state index contributed by atoms with van der Waals surface area (Å²) in [6.45, 7) is 3.87. The minimum absolute atomic E-state index is 0. The van der Waals surface area contributed by atoms with Crippen LogP contribution in [0.15, 0.2) is 24.3 Å². The van der Waals surface area contributed by atoms with E-state index in [2.05, 4.69) is 6.92 Å². The number of halogens is 2. The highest BCUT2D eigenvalue weighted by Gasteiger charge is 2.35. The Bertz CT molecular complexity index is 441. The standard InChI is InChI=1S/C13H17FN2O.ClH/c1-13(8-15)6-7-16(9-13)12(17)10-4-2-3-5-11(10)14;/h2-5H,6-9,15H2,1H3;1H. The minimum atomic E-state index is -0.459. The minimum Gasteiger partial charge on any atom is -0.338 e. The zero-order chi connectivity index (χ0) is 12.5. The normalized spacial score (nSPS) is 22.7. The predicted molar refractivity (Wildman–Crippen MR) is 71.3 cm³/mol. The number of likely N-dealkylation sites (tertiary alicyclic amines) is 1. The van der Waals surface area contributed by atoms with Crippen LogP contribution in [0.2, 0.25) is 0 Å². The summed E-state index contributed by atoms with van der Waals surface area (Å²) in [7, 11) is 0. The van der Waals surface area contributed by atoms with Crippen molar-refractivity contribution in [3.63, 3.8) is 0 Å². The molecule has 5 heteroatoms. The van der Waals surface area contributed by atoms with Gasteiger partial charge in [0, 0.05) is 13.1 Å². The topological polar surface area (TPSA) is 46.3 Å². The van der Waals surface area contributed by atoms with Gasteiger partial charge in [0.15, 0.2) is 0 Å². The van der Waals surface area contributed by atoms with Crippen molar-refractivity contribution in [1.82, 2.24) is 4.90 Å². The van der Waals surface area contributed by atoms with Gasteiger partial charge in [-0.15, -0.1) is 12.4 Å². The van der Waals surface area contributed by atoms with Crippen molar-refractivity contribution in [2.24, 2.45) is 11.1 Å². The van der Waals surface area contributed by atoms with Gasteiger partial charge >= 0.3 is 0 Å². The largest absolute Gasteiger partial charge is 0.338 e. The zero-order valence-corrected chi connectivity index (χ0v) is 11.2. The smallest absolute Gasteiger partial charge is 0.256 e. The lowest BCUT2D eigenvalue weighted by Gasteiger charge is -2.22. The first kappa shape index (κ1) is 14.9. The molecule has 1 unspecified atom stereocenters. The fourth-order valence-corrected chi connectivity index (χ4v) is 2.17. The molecular formula is C13H18ClFN2O. The van der Waals surface area contributed by atoms with Crippen LogP contribution in [0.3, 0.4) is 0 Å². The SMILES string of the molecule is CC1(CN)CCN(C(=O)c2ccccc2F)C1.Cl. The highest BCUT2D eigenvalue weighted by molar-refractivity contribution is 5.94. The van der Waals surface area contributed by atoms with Gasteiger partial charge < -0.3 is 10.6 Å². The van der Waals surface area contributed by atoms with Gasteiger partial charge in [-0.05, 0) is 30.5 Å². The van der Waals surface area contributed by atoms with Crippen LogP contribution in [0.5, 0.6) is 0 Å². The van der Waals surface area contributed by atoms with E-state index in [-0.39, 0.29) is 29.3 Å². The van der Waals surface area contributed by atoms with Gasteiger partial charge in [0.25, 0.3) is 5.91 Å². The summed E-state index contributed by atoms with van der Waals surface area (Å²) in [4.78, 5) is 13.8. The molecule has 1 aromatic rings. The van der Waals surface area contributed by atoms with Crippen molar-refractivity contribution in [3.8, 4) is 0 Å². The highest BCUT2D eigenvalue weighted by atomic mass is 35.5. The molecule has 1 aliphatic rings. The molecule has 0 spiro atoms. The second kappa shape index (κ2) is 5.67. The molecule has 1 atom stereocenters. The van der Waals surface area contributed by atoms with Gasteiger partial charge in [0.2, 0.25) is 0 Å². The Morgan fingerprint density at radius 3 is 2.72 bits per heavy atom. The lowest BCUT2D eigenvalue weighted by molar-refractivity contribution is 0.0772. The fraction of sp³-hybridized carbons (Fsp3) is 0.462. The number of nitrogens with two attached hydrogens (primary N) is 1. The number of nitrogens with zero attached hydrogens (tertiary/aromatic N) is 1. The summed E-state index contributed by atoms with van der Waals surface area (Å²) in [5.74, 6) is -0.695. The van der Waals surface area contributed by atoms with E-state index in [9.17, 15) is 9.18 Å². The number of hydrogen-bond acceptors (Lipinski definition) is 2. The monoisotopic (exact) mass is 272 g/mol. The first-order valence-electron chi connectivity index (χ1n) is 5.80. The molecule has 1 aromatic carbocycles. The van der Waals surface area contributed by atoms with E-state index in [0.29, 0.717) is 19.6 Å². The van der Waals surface area contributed by atoms with Crippen LogP contribution in [-0.4, -0.2) is 30.4 Å². The van der Waals surface area contributed by atoms with Crippen molar-refractivity contribution in [2.75, 3.05) is 19.6 Å². The van der Waals surface area contributed by atoms with E-state index in [4.69, 9.17) is 5.73 Å². The maximum Gasteiger partial charge on any atom is 0.256 e. The van der Waals surface area contributed by atoms with E-state index in [1.807, 2.05) is 0 Å². The molecule has 2 rings (SSSR count). The Kier molecular flexibility index (Phi) is 4.71. The quantitative estimate of drug-likeness (QED) is 0.896. The Hall–Kier alpha value is -1.13. The van der Waals surface area contributed by atoms with E-state index < -0.39 is 5.82 Å². The van der Waals surface area contributed by atoms with Crippen LogP contribution in [0.4, 0.5) is 4.39 Å². The molecule has 1 aliphatic heterocycles. The molecular weight excluding hydrogens is 255 g/mol. The molecule has 1 heterocycles. The van der Waals surface area contributed by atoms with Gasteiger partial charge in [0.1, 0.15) is 5.82 Å². The molecule has 0 radical (unpaired) electrons. The van der Waals surface area contributed by atoms with Gasteiger partial charge in [-0.1, -0.05) is 19.1 Å². The van der Waals surface area contributed by atoms with Gasteiger partial charge in [-0.3, -0.25) is 4.79 Å². The molecule has 1 saturated heterocycles. The summed E-state index contributed by atoms with van der Waals surface area (Å²) >= 11 is 0. The summed E-state index contributed by atoms with van der Waals surface area (Å²) in [5, 5.41) is 0. The lowest BCUT2D eigenvalue weighted by Crippen LogP contribution is -2.34. The molecule has 1 fully saturated rings. The second-order valence-corrected chi connectivity index (χ2v) is 4.97. The first-order chi connectivity index (χ1) is 8.06. The molecule has 2 N–H and O–H groups in total. The Morgan fingerprint density at radius 2 is 2.17 bits per heavy atom. The number of amides is 1. The van der Waals surface area contributed by atoms with Gasteiger partial charge in [-0.2, -0.15) is 0 Å².